The van der Waals surface area contributed by atoms with Crippen LogP contribution in [0.4, 0.5) is 0 Å². The zero-order valence-electron chi connectivity index (χ0n) is 8.65. The molecule has 0 spiro atoms. The van der Waals surface area contributed by atoms with Gasteiger partial charge in [-0.15, -0.1) is 0 Å². The first kappa shape index (κ1) is 10.8. The SMILES string of the molecule is CCCC1=CCC=C(Cl)C1CCC. The van der Waals surface area contributed by atoms with Gasteiger partial charge in [-0.1, -0.05) is 56.0 Å². The molecule has 1 rings (SSSR count). The average molecular weight is 199 g/mol. The van der Waals surface area contributed by atoms with Crippen LogP contribution in [-0.2, 0) is 0 Å². The lowest BCUT2D eigenvalue weighted by Gasteiger charge is -2.22. The lowest BCUT2D eigenvalue weighted by molar-refractivity contribution is 0.607. The Morgan fingerprint density at radius 3 is 2.69 bits per heavy atom. The van der Waals surface area contributed by atoms with Crippen molar-refractivity contribution in [2.75, 3.05) is 0 Å². The molecule has 0 aliphatic heterocycles. The quantitative estimate of drug-likeness (QED) is 0.577. The van der Waals surface area contributed by atoms with E-state index in [0.29, 0.717) is 5.92 Å². The molecular weight excluding hydrogens is 180 g/mol. The highest BCUT2D eigenvalue weighted by Crippen LogP contribution is 2.34. The maximum absolute atomic E-state index is 6.21. The second kappa shape index (κ2) is 5.49. The summed E-state index contributed by atoms with van der Waals surface area (Å²) in [6, 6.07) is 0. The summed E-state index contributed by atoms with van der Waals surface area (Å²) < 4.78 is 0. The van der Waals surface area contributed by atoms with Crippen LogP contribution in [0.2, 0.25) is 0 Å². The van der Waals surface area contributed by atoms with Gasteiger partial charge in [0, 0.05) is 11.0 Å². The first-order chi connectivity index (χ1) is 6.29. The van der Waals surface area contributed by atoms with Gasteiger partial charge in [0.25, 0.3) is 0 Å². The number of hydrogen-bond donors (Lipinski definition) is 0. The monoisotopic (exact) mass is 198 g/mol. The predicted molar refractivity (Wildman–Crippen MR) is 59.9 cm³/mol. The molecule has 0 fully saturated rings. The lowest BCUT2D eigenvalue weighted by Crippen LogP contribution is -2.07. The highest BCUT2D eigenvalue weighted by atomic mass is 35.5. The molecule has 0 amide bonds. The summed E-state index contributed by atoms with van der Waals surface area (Å²) >= 11 is 6.21. The minimum Gasteiger partial charge on any atom is -0.0888 e. The van der Waals surface area contributed by atoms with Crippen molar-refractivity contribution in [1.29, 1.82) is 0 Å². The fraction of sp³-hybridized carbons (Fsp3) is 0.667. The van der Waals surface area contributed by atoms with Crippen LogP contribution in [0.25, 0.3) is 0 Å². The van der Waals surface area contributed by atoms with Gasteiger partial charge in [-0.2, -0.15) is 0 Å². The Morgan fingerprint density at radius 1 is 1.31 bits per heavy atom. The lowest BCUT2D eigenvalue weighted by atomic mass is 9.87. The van der Waals surface area contributed by atoms with E-state index in [1.165, 1.54) is 25.7 Å². The molecule has 0 saturated heterocycles. The number of rotatable bonds is 4. The highest BCUT2D eigenvalue weighted by molar-refractivity contribution is 6.30. The standard InChI is InChI=1S/C12H19Cl/c1-3-6-10-8-5-9-12(13)11(10)7-4-2/h8-9,11H,3-7H2,1-2H3. The molecule has 0 nitrogen and oxygen atoms in total. The van der Waals surface area contributed by atoms with Crippen molar-refractivity contribution in [1.82, 2.24) is 0 Å². The molecule has 0 aromatic carbocycles. The predicted octanol–water partition coefficient (Wildman–Crippen LogP) is 4.66. The van der Waals surface area contributed by atoms with Gasteiger partial charge in [0.15, 0.2) is 0 Å². The normalized spacial score (nSPS) is 22.5. The highest BCUT2D eigenvalue weighted by Gasteiger charge is 2.18. The fourth-order valence-electron chi connectivity index (χ4n) is 1.96. The molecule has 0 aromatic heterocycles. The van der Waals surface area contributed by atoms with Crippen molar-refractivity contribution >= 4 is 11.6 Å². The van der Waals surface area contributed by atoms with E-state index in [0.717, 1.165) is 11.5 Å². The number of allylic oxidation sites excluding steroid dienone is 4. The first-order valence-electron chi connectivity index (χ1n) is 5.34. The van der Waals surface area contributed by atoms with Crippen LogP contribution in [-0.4, -0.2) is 0 Å². The van der Waals surface area contributed by atoms with Crippen LogP contribution in [0, 0.1) is 5.92 Å². The summed E-state index contributed by atoms with van der Waals surface area (Å²) in [4.78, 5) is 0. The third kappa shape index (κ3) is 2.87. The molecule has 0 aromatic rings. The Kier molecular flexibility index (Phi) is 4.58. The molecule has 1 aliphatic carbocycles. The van der Waals surface area contributed by atoms with Crippen molar-refractivity contribution in [2.45, 2.75) is 46.0 Å². The summed E-state index contributed by atoms with van der Waals surface area (Å²) in [5, 5.41) is 1.08. The van der Waals surface area contributed by atoms with E-state index < -0.39 is 0 Å². The molecule has 1 atom stereocenters. The maximum atomic E-state index is 6.21. The third-order valence-electron chi connectivity index (χ3n) is 2.59. The molecule has 0 heterocycles. The molecular formula is C12H19Cl. The van der Waals surface area contributed by atoms with E-state index in [2.05, 4.69) is 26.0 Å². The van der Waals surface area contributed by atoms with Crippen LogP contribution in [0.15, 0.2) is 22.8 Å². The Hall–Kier alpha value is -0.230. The zero-order chi connectivity index (χ0) is 9.68. The van der Waals surface area contributed by atoms with Crippen molar-refractivity contribution in [3.63, 3.8) is 0 Å². The van der Waals surface area contributed by atoms with Gasteiger partial charge in [-0.25, -0.2) is 0 Å². The van der Waals surface area contributed by atoms with Gasteiger partial charge in [0.2, 0.25) is 0 Å². The molecule has 0 N–H and O–H groups in total. The van der Waals surface area contributed by atoms with E-state index in [9.17, 15) is 0 Å². The fourth-order valence-corrected chi connectivity index (χ4v) is 2.30. The van der Waals surface area contributed by atoms with E-state index in [-0.39, 0.29) is 0 Å². The van der Waals surface area contributed by atoms with Crippen LogP contribution < -0.4 is 0 Å². The molecule has 13 heavy (non-hydrogen) atoms. The number of hydrogen-bond acceptors (Lipinski definition) is 0. The van der Waals surface area contributed by atoms with Crippen LogP contribution >= 0.6 is 11.6 Å². The second-order valence-electron chi connectivity index (χ2n) is 3.70. The summed E-state index contributed by atoms with van der Waals surface area (Å²) in [6.07, 6.45) is 10.4. The minimum absolute atomic E-state index is 0.542. The molecule has 0 saturated carbocycles. The maximum Gasteiger partial charge on any atom is 0.0215 e. The van der Waals surface area contributed by atoms with Gasteiger partial charge >= 0.3 is 0 Å². The Balaban J connectivity index is 2.64. The van der Waals surface area contributed by atoms with Crippen molar-refractivity contribution < 1.29 is 0 Å². The topological polar surface area (TPSA) is 0 Å². The van der Waals surface area contributed by atoms with Gasteiger partial charge in [0.1, 0.15) is 0 Å². The second-order valence-corrected chi connectivity index (χ2v) is 4.13. The summed E-state index contributed by atoms with van der Waals surface area (Å²) in [7, 11) is 0. The number of halogens is 1. The van der Waals surface area contributed by atoms with Crippen molar-refractivity contribution in [3.05, 3.63) is 22.8 Å². The third-order valence-corrected chi connectivity index (χ3v) is 3.01. The van der Waals surface area contributed by atoms with Crippen LogP contribution in [0.5, 0.6) is 0 Å². The largest absolute Gasteiger partial charge is 0.0888 e. The van der Waals surface area contributed by atoms with Crippen molar-refractivity contribution in [2.24, 2.45) is 5.92 Å². The van der Waals surface area contributed by atoms with Crippen LogP contribution in [0.3, 0.4) is 0 Å². The van der Waals surface area contributed by atoms with Gasteiger partial charge in [-0.05, 0) is 19.3 Å². The Bertz CT molecular complexity index is 213. The zero-order valence-corrected chi connectivity index (χ0v) is 9.40. The first-order valence-corrected chi connectivity index (χ1v) is 5.71. The molecule has 1 heteroatoms. The summed E-state index contributed by atoms with van der Waals surface area (Å²) in [5.74, 6) is 0.542. The molecule has 1 unspecified atom stereocenters. The van der Waals surface area contributed by atoms with E-state index in [1.807, 2.05) is 0 Å². The van der Waals surface area contributed by atoms with E-state index in [4.69, 9.17) is 11.6 Å². The molecule has 0 radical (unpaired) electrons. The molecule has 74 valence electrons. The van der Waals surface area contributed by atoms with Gasteiger partial charge < -0.3 is 0 Å². The van der Waals surface area contributed by atoms with Crippen molar-refractivity contribution in [3.8, 4) is 0 Å². The molecule has 0 bridgehead atoms. The smallest absolute Gasteiger partial charge is 0.0215 e. The van der Waals surface area contributed by atoms with Crippen LogP contribution in [0.1, 0.15) is 46.0 Å². The Morgan fingerprint density at radius 2 is 2.08 bits per heavy atom. The Labute approximate surface area is 86.7 Å². The van der Waals surface area contributed by atoms with Gasteiger partial charge in [0.05, 0.1) is 0 Å². The summed E-state index contributed by atoms with van der Waals surface area (Å²) in [5.41, 5.74) is 1.57. The van der Waals surface area contributed by atoms with Gasteiger partial charge in [-0.3, -0.25) is 0 Å². The summed E-state index contributed by atoms with van der Waals surface area (Å²) in [6.45, 7) is 4.46. The van der Waals surface area contributed by atoms with E-state index >= 15 is 0 Å². The average Bonchev–Trinajstić information content (AvgIpc) is 2.11. The molecule has 1 aliphatic rings. The minimum atomic E-state index is 0.542. The van der Waals surface area contributed by atoms with E-state index in [1.54, 1.807) is 5.57 Å².